The Labute approximate surface area is 109 Å². The third-order valence-corrected chi connectivity index (χ3v) is 2.72. The van der Waals surface area contributed by atoms with Crippen molar-refractivity contribution in [3.05, 3.63) is 53.6 Å². The van der Waals surface area contributed by atoms with Gasteiger partial charge >= 0.3 is 0 Å². The van der Waals surface area contributed by atoms with Crippen molar-refractivity contribution in [1.29, 1.82) is 0 Å². The van der Waals surface area contributed by atoms with E-state index in [1.807, 2.05) is 6.92 Å². The number of nitrogens with zero attached hydrogens (tertiary/aromatic N) is 1. The first-order chi connectivity index (χ1) is 9.13. The van der Waals surface area contributed by atoms with Gasteiger partial charge in [-0.05, 0) is 30.3 Å². The number of hydrogen-bond donors (Lipinski definition) is 1. The van der Waals surface area contributed by atoms with Gasteiger partial charge in [-0.1, -0.05) is 6.92 Å². The van der Waals surface area contributed by atoms with Crippen molar-refractivity contribution in [1.82, 2.24) is 10.3 Å². The zero-order valence-corrected chi connectivity index (χ0v) is 10.4. The Hall–Kier alpha value is -1.88. The Bertz CT molecular complexity index is 585. The van der Waals surface area contributed by atoms with Gasteiger partial charge in [-0.2, -0.15) is 0 Å². The molecule has 0 saturated heterocycles. The zero-order chi connectivity index (χ0) is 13.8. The maximum absolute atomic E-state index is 13.7. The van der Waals surface area contributed by atoms with E-state index in [9.17, 15) is 13.2 Å². The fraction of sp³-hybridized carbons (Fsp3) is 0.214. The highest BCUT2D eigenvalue weighted by molar-refractivity contribution is 5.63. The molecule has 2 aromatic rings. The SMILES string of the molecule is CCNCc1cncc(-c2ccc(F)c(F)c2F)c1. The van der Waals surface area contributed by atoms with Gasteiger partial charge in [-0.3, -0.25) is 4.98 Å². The molecule has 0 unspecified atom stereocenters. The Morgan fingerprint density at radius 1 is 1.11 bits per heavy atom. The van der Waals surface area contributed by atoms with E-state index in [0.717, 1.165) is 18.2 Å². The van der Waals surface area contributed by atoms with E-state index in [0.29, 0.717) is 12.1 Å². The van der Waals surface area contributed by atoms with Crippen LogP contribution in [0.2, 0.25) is 0 Å². The lowest BCUT2D eigenvalue weighted by Gasteiger charge is -2.07. The smallest absolute Gasteiger partial charge is 0.195 e. The van der Waals surface area contributed by atoms with E-state index in [1.54, 1.807) is 12.3 Å². The molecule has 2 rings (SSSR count). The van der Waals surface area contributed by atoms with Crippen LogP contribution in [0.4, 0.5) is 13.2 Å². The Morgan fingerprint density at radius 2 is 1.89 bits per heavy atom. The van der Waals surface area contributed by atoms with E-state index < -0.39 is 17.5 Å². The molecule has 19 heavy (non-hydrogen) atoms. The molecule has 0 atom stereocenters. The first-order valence-electron chi connectivity index (χ1n) is 5.92. The monoisotopic (exact) mass is 266 g/mol. The molecule has 0 aliphatic carbocycles. The number of benzene rings is 1. The number of rotatable bonds is 4. The molecule has 1 heterocycles. The summed E-state index contributed by atoms with van der Waals surface area (Å²) in [7, 11) is 0. The van der Waals surface area contributed by atoms with Crippen LogP contribution in [0.5, 0.6) is 0 Å². The van der Waals surface area contributed by atoms with Crippen molar-refractivity contribution in [3.8, 4) is 11.1 Å². The molecule has 5 heteroatoms. The summed E-state index contributed by atoms with van der Waals surface area (Å²) >= 11 is 0. The molecule has 0 fully saturated rings. The lowest BCUT2D eigenvalue weighted by molar-refractivity contribution is 0.449. The quantitative estimate of drug-likeness (QED) is 0.859. The minimum absolute atomic E-state index is 0.00440. The molecular weight excluding hydrogens is 253 g/mol. The Morgan fingerprint density at radius 3 is 2.63 bits per heavy atom. The zero-order valence-electron chi connectivity index (χ0n) is 10.4. The van der Waals surface area contributed by atoms with Crippen LogP contribution in [-0.2, 0) is 6.54 Å². The normalized spacial score (nSPS) is 10.7. The summed E-state index contributed by atoms with van der Waals surface area (Å²) in [6.45, 7) is 3.35. The van der Waals surface area contributed by atoms with Gasteiger partial charge in [-0.25, -0.2) is 13.2 Å². The number of hydrogen-bond acceptors (Lipinski definition) is 2. The summed E-state index contributed by atoms with van der Waals surface area (Å²) in [4.78, 5) is 3.98. The van der Waals surface area contributed by atoms with Gasteiger partial charge in [0, 0.05) is 30.1 Å². The first-order valence-corrected chi connectivity index (χ1v) is 5.92. The van der Waals surface area contributed by atoms with Gasteiger partial charge in [0.1, 0.15) is 0 Å². The molecule has 1 N–H and O–H groups in total. The van der Waals surface area contributed by atoms with Gasteiger partial charge in [-0.15, -0.1) is 0 Å². The molecule has 0 saturated carbocycles. The fourth-order valence-electron chi connectivity index (χ4n) is 1.75. The number of aromatic nitrogens is 1. The van der Waals surface area contributed by atoms with Crippen LogP contribution in [0.1, 0.15) is 12.5 Å². The maximum Gasteiger partial charge on any atom is 0.195 e. The van der Waals surface area contributed by atoms with Crippen LogP contribution < -0.4 is 5.32 Å². The Balaban J connectivity index is 2.39. The highest BCUT2D eigenvalue weighted by Gasteiger charge is 2.14. The molecule has 1 aromatic carbocycles. The van der Waals surface area contributed by atoms with E-state index in [1.165, 1.54) is 12.3 Å². The highest BCUT2D eigenvalue weighted by Crippen LogP contribution is 2.25. The number of nitrogens with one attached hydrogen (secondary N) is 1. The Kier molecular flexibility index (Phi) is 4.16. The molecule has 0 spiro atoms. The molecule has 1 aromatic heterocycles. The first kappa shape index (κ1) is 13.5. The second-order valence-corrected chi connectivity index (χ2v) is 4.09. The average Bonchev–Trinajstić information content (AvgIpc) is 2.43. The fourth-order valence-corrected chi connectivity index (χ4v) is 1.75. The summed E-state index contributed by atoms with van der Waals surface area (Å²) < 4.78 is 39.8. The van der Waals surface area contributed by atoms with Crippen LogP contribution in [-0.4, -0.2) is 11.5 Å². The predicted octanol–water partition coefficient (Wildman–Crippen LogP) is 3.28. The molecule has 0 radical (unpaired) electrons. The maximum atomic E-state index is 13.7. The average molecular weight is 266 g/mol. The highest BCUT2D eigenvalue weighted by atomic mass is 19.2. The van der Waals surface area contributed by atoms with E-state index in [2.05, 4.69) is 10.3 Å². The minimum atomic E-state index is -1.46. The van der Waals surface area contributed by atoms with E-state index in [-0.39, 0.29) is 5.56 Å². The molecule has 0 aliphatic rings. The third-order valence-electron chi connectivity index (χ3n) is 2.72. The van der Waals surface area contributed by atoms with Gasteiger partial charge in [0.15, 0.2) is 17.5 Å². The van der Waals surface area contributed by atoms with Crippen LogP contribution in [0.15, 0.2) is 30.6 Å². The third kappa shape index (κ3) is 2.93. The summed E-state index contributed by atoms with van der Waals surface area (Å²) in [5.41, 5.74) is 1.28. The van der Waals surface area contributed by atoms with Crippen LogP contribution >= 0.6 is 0 Å². The van der Waals surface area contributed by atoms with E-state index in [4.69, 9.17) is 0 Å². The standard InChI is InChI=1S/C14H13F3N2/c1-2-18-6-9-5-10(8-19-7-9)11-3-4-12(15)14(17)13(11)16/h3-5,7-8,18H,2,6H2,1H3. The van der Waals surface area contributed by atoms with Gasteiger partial charge in [0.25, 0.3) is 0 Å². The molecule has 100 valence electrons. The van der Waals surface area contributed by atoms with Crippen molar-refractivity contribution in [2.45, 2.75) is 13.5 Å². The molecule has 0 bridgehead atoms. The van der Waals surface area contributed by atoms with Gasteiger partial charge in [0.05, 0.1) is 0 Å². The van der Waals surface area contributed by atoms with Crippen LogP contribution in [0.25, 0.3) is 11.1 Å². The van der Waals surface area contributed by atoms with Crippen molar-refractivity contribution in [2.75, 3.05) is 6.54 Å². The summed E-state index contributed by atoms with van der Waals surface area (Å²) in [6.07, 6.45) is 3.06. The number of pyridine rings is 1. The van der Waals surface area contributed by atoms with Gasteiger partial charge in [0.2, 0.25) is 0 Å². The van der Waals surface area contributed by atoms with Crippen molar-refractivity contribution in [2.24, 2.45) is 0 Å². The predicted molar refractivity (Wildman–Crippen MR) is 66.9 cm³/mol. The van der Waals surface area contributed by atoms with Crippen molar-refractivity contribution < 1.29 is 13.2 Å². The van der Waals surface area contributed by atoms with Crippen molar-refractivity contribution >= 4 is 0 Å². The van der Waals surface area contributed by atoms with Crippen molar-refractivity contribution in [3.63, 3.8) is 0 Å². The minimum Gasteiger partial charge on any atom is -0.313 e. The second-order valence-electron chi connectivity index (χ2n) is 4.09. The molecule has 0 amide bonds. The van der Waals surface area contributed by atoms with E-state index >= 15 is 0 Å². The second kappa shape index (κ2) is 5.84. The largest absolute Gasteiger partial charge is 0.313 e. The van der Waals surface area contributed by atoms with Crippen LogP contribution in [0, 0.1) is 17.5 Å². The van der Waals surface area contributed by atoms with Gasteiger partial charge < -0.3 is 5.32 Å². The molecule has 0 aliphatic heterocycles. The molecule has 2 nitrogen and oxygen atoms in total. The lowest BCUT2D eigenvalue weighted by atomic mass is 10.0. The summed E-state index contributed by atoms with van der Waals surface area (Å²) in [5, 5.41) is 3.11. The summed E-state index contributed by atoms with van der Waals surface area (Å²) in [5.74, 6) is -3.85. The lowest BCUT2D eigenvalue weighted by Crippen LogP contribution is -2.11. The molecular formula is C14H13F3N2. The number of halogens is 3. The summed E-state index contributed by atoms with van der Waals surface area (Å²) in [6, 6.07) is 3.82. The topological polar surface area (TPSA) is 24.9 Å². The van der Waals surface area contributed by atoms with Crippen LogP contribution in [0.3, 0.4) is 0 Å².